The minimum Gasteiger partial charge on any atom is -0.444 e. The average Bonchev–Trinajstić information content (AvgIpc) is 2.80. The number of hydrogen-bond acceptors (Lipinski definition) is 4. The van der Waals surface area contributed by atoms with Gasteiger partial charge in [-0.3, -0.25) is 0 Å². The summed E-state index contributed by atoms with van der Waals surface area (Å²) < 4.78 is 5.68. The number of nitrogens with one attached hydrogen (secondary N) is 2. The number of aromatic nitrogens is 1. The smallest absolute Gasteiger partial charge is 0.212 e. The minimum atomic E-state index is 0.243. The first kappa shape index (κ1) is 10.6. The van der Waals surface area contributed by atoms with E-state index in [0.717, 1.165) is 30.4 Å². The van der Waals surface area contributed by atoms with Crippen LogP contribution in [0, 0.1) is 19.8 Å². The van der Waals surface area contributed by atoms with Crippen molar-refractivity contribution in [1.82, 2.24) is 15.6 Å². The Labute approximate surface area is 90.5 Å². The maximum atomic E-state index is 5.68. The summed E-state index contributed by atoms with van der Waals surface area (Å²) in [6.45, 7) is 6.10. The van der Waals surface area contributed by atoms with E-state index in [1.54, 1.807) is 0 Å². The van der Waals surface area contributed by atoms with E-state index < -0.39 is 0 Å². The third kappa shape index (κ3) is 2.06. The summed E-state index contributed by atoms with van der Waals surface area (Å²) in [7, 11) is 1.97. The first-order chi connectivity index (χ1) is 7.22. The van der Waals surface area contributed by atoms with Crippen LogP contribution < -0.4 is 10.6 Å². The van der Waals surface area contributed by atoms with Crippen LogP contribution in [-0.4, -0.2) is 25.1 Å². The van der Waals surface area contributed by atoms with Gasteiger partial charge >= 0.3 is 0 Å². The molecule has 0 aliphatic carbocycles. The Kier molecular flexibility index (Phi) is 3.07. The summed E-state index contributed by atoms with van der Waals surface area (Å²) in [6.07, 6.45) is 1.19. The van der Waals surface area contributed by atoms with Gasteiger partial charge in [0.2, 0.25) is 5.89 Å². The number of hydrogen-bond donors (Lipinski definition) is 2. The molecule has 0 amide bonds. The minimum absolute atomic E-state index is 0.243. The Morgan fingerprint density at radius 1 is 1.53 bits per heavy atom. The van der Waals surface area contributed by atoms with Gasteiger partial charge in [0.1, 0.15) is 5.76 Å². The van der Waals surface area contributed by atoms with Crippen molar-refractivity contribution in [3.05, 3.63) is 17.3 Å². The van der Waals surface area contributed by atoms with Crippen LogP contribution in [0.4, 0.5) is 0 Å². The van der Waals surface area contributed by atoms with E-state index in [1.165, 1.54) is 6.42 Å². The third-order valence-corrected chi connectivity index (χ3v) is 3.19. The van der Waals surface area contributed by atoms with Crippen molar-refractivity contribution in [2.75, 3.05) is 20.1 Å². The summed E-state index contributed by atoms with van der Waals surface area (Å²) in [4.78, 5) is 4.47. The molecule has 15 heavy (non-hydrogen) atoms. The fourth-order valence-electron chi connectivity index (χ4n) is 2.15. The fourth-order valence-corrected chi connectivity index (χ4v) is 2.15. The SMILES string of the molecule is CNC(c1nc(C)c(C)o1)C1CCNC1. The lowest BCUT2D eigenvalue weighted by Crippen LogP contribution is -2.27. The van der Waals surface area contributed by atoms with E-state index in [9.17, 15) is 0 Å². The molecular weight excluding hydrogens is 190 g/mol. The molecule has 2 atom stereocenters. The summed E-state index contributed by atoms with van der Waals surface area (Å²) in [6, 6.07) is 0.243. The Morgan fingerprint density at radius 2 is 2.33 bits per heavy atom. The Hall–Kier alpha value is -0.870. The second kappa shape index (κ2) is 4.33. The van der Waals surface area contributed by atoms with Crippen molar-refractivity contribution < 1.29 is 4.42 Å². The molecule has 1 saturated heterocycles. The zero-order valence-corrected chi connectivity index (χ0v) is 9.63. The molecule has 1 aliphatic heterocycles. The van der Waals surface area contributed by atoms with Crippen LogP contribution in [0.25, 0.3) is 0 Å². The molecule has 0 bridgehead atoms. The predicted molar refractivity (Wildman–Crippen MR) is 58.8 cm³/mol. The highest BCUT2D eigenvalue weighted by Crippen LogP contribution is 2.26. The standard InChI is InChI=1S/C11H19N3O/c1-7-8(2)15-11(14-7)10(12-3)9-4-5-13-6-9/h9-10,12-13H,4-6H2,1-3H3. The summed E-state index contributed by atoms with van der Waals surface area (Å²) >= 11 is 0. The molecular formula is C11H19N3O. The van der Waals surface area contributed by atoms with E-state index in [2.05, 4.69) is 15.6 Å². The monoisotopic (exact) mass is 209 g/mol. The molecule has 1 aliphatic rings. The van der Waals surface area contributed by atoms with Crippen LogP contribution in [0.5, 0.6) is 0 Å². The largest absolute Gasteiger partial charge is 0.444 e. The quantitative estimate of drug-likeness (QED) is 0.784. The van der Waals surface area contributed by atoms with Gasteiger partial charge in [-0.2, -0.15) is 0 Å². The molecule has 4 nitrogen and oxygen atoms in total. The van der Waals surface area contributed by atoms with E-state index >= 15 is 0 Å². The van der Waals surface area contributed by atoms with Gasteiger partial charge in [0.25, 0.3) is 0 Å². The maximum Gasteiger partial charge on any atom is 0.212 e. The summed E-state index contributed by atoms with van der Waals surface area (Å²) in [5.74, 6) is 2.35. The highest BCUT2D eigenvalue weighted by Gasteiger charge is 2.28. The van der Waals surface area contributed by atoms with Gasteiger partial charge in [0, 0.05) is 0 Å². The molecule has 4 heteroatoms. The molecule has 1 fully saturated rings. The van der Waals surface area contributed by atoms with Gasteiger partial charge in [0.15, 0.2) is 0 Å². The van der Waals surface area contributed by atoms with Crippen molar-refractivity contribution >= 4 is 0 Å². The molecule has 0 aromatic carbocycles. The van der Waals surface area contributed by atoms with E-state index in [-0.39, 0.29) is 6.04 Å². The van der Waals surface area contributed by atoms with Crippen molar-refractivity contribution in [3.8, 4) is 0 Å². The van der Waals surface area contributed by atoms with Gasteiger partial charge in [-0.05, 0) is 46.3 Å². The fraction of sp³-hybridized carbons (Fsp3) is 0.727. The molecule has 2 rings (SSSR count). The van der Waals surface area contributed by atoms with E-state index in [1.807, 2.05) is 20.9 Å². The first-order valence-corrected chi connectivity index (χ1v) is 5.54. The van der Waals surface area contributed by atoms with Crippen molar-refractivity contribution in [1.29, 1.82) is 0 Å². The zero-order valence-electron chi connectivity index (χ0n) is 9.63. The number of nitrogens with zero attached hydrogens (tertiary/aromatic N) is 1. The zero-order chi connectivity index (χ0) is 10.8. The van der Waals surface area contributed by atoms with Crippen molar-refractivity contribution in [2.45, 2.75) is 26.3 Å². The maximum absolute atomic E-state index is 5.68. The average molecular weight is 209 g/mol. The number of oxazole rings is 1. The lowest BCUT2D eigenvalue weighted by molar-refractivity contribution is 0.324. The normalized spacial score (nSPS) is 23.3. The molecule has 2 unspecified atom stereocenters. The van der Waals surface area contributed by atoms with Gasteiger partial charge in [0.05, 0.1) is 11.7 Å². The second-order valence-electron chi connectivity index (χ2n) is 4.21. The third-order valence-electron chi connectivity index (χ3n) is 3.19. The Morgan fingerprint density at radius 3 is 2.80 bits per heavy atom. The summed E-state index contributed by atoms with van der Waals surface area (Å²) in [5, 5.41) is 6.67. The lowest BCUT2D eigenvalue weighted by atomic mass is 9.99. The van der Waals surface area contributed by atoms with Crippen LogP contribution in [0.15, 0.2) is 4.42 Å². The van der Waals surface area contributed by atoms with E-state index in [4.69, 9.17) is 4.42 Å². The predicted octanol–water partition coefficient (Wildman–Crippen LogP) is 1.16. The second-order valence-corrected chi connectivity index (χ2v) is 4.21. The van der Waals surface area contributed by atoms with E-state index in [0.29, 0.717) is 5.92 Å². The molecule has 84 valence electrons. The van der Waals surface area contributed by atoms with Gasteiger partial charge in [-0.1, -0.05) is 0 Å². The lowest BCUT2D eigenvalue weighted by Gasteiger charge is -2.18. The van der Waals surface area contributed by atoms with Crippen LogP contribution in [-0.2, 0) is 0 Å². The van der Waals surface area contributed by atoms with Gasteiger partial charge < -0.3 is 15.1 Å². The number of rotatable bonds is 3. The topological polar surface area (TPSA) is 50.1 Å². The van der Waals surface area contributed by atoms with Crippen LogP contribution in [0.1, 0.15) is 29.8 Å². The van der Waals surface area contributed by atoms with Crippen LogP contribution in [0.2, 0.25) is 0 Å². The molecule has 0 saturated carbocycles. The Bertz CT molecular complexity index is 309. The molecule has 2 heterocycles. The summed E-state index contributed by atoms with van der Waals surface area (Å²) in [5.41, 5.74) is 0.996. The number of aryl methyl sites for hydroxylation is 2. The van der Waals surface area contributed by atoms with Crippen LogP contribution >= 0.6 is 0 Å². The van der Waals surface area contributed by atoms with Crippen LogP contribution in [0.3, 0.4) is 0 Å². The van der Waals surface area contributed by atoms with Gasteiger partial charge in [-0.15, -0.1) is 0 Å². The molecule has 1 aromatic heterocycles. The van der Waals surface area contributed by atoms with Gasteiger partial charge in [-0.25, -0.2) is 4.98 Å². The molecule has 0 radical (unpaired) electrons. The van der Waals surface area contributed by atoms with Crippen molar-refractivity contribution in [3.63, 3.8) is 0 Å². The molecule has 2 N–H and O–H groups in total. The molecule has 0 spiro atoms. The Balaban J connectivity index is 2.18. The van der Waals surface area contributed by atoms with Crippen molar-refractivity contribution in [2.24, 2.45) is 5.92 Å². The molecule has 1 aromatic rings. The highest BCUT2D eigenvalue weighted by molar-refractivity contribution is 5.08. The highest BCUT2D eigenvalue weighted by atomic mass is 16.4. The first-order valence-electron chi connectivity index (χ1n) is 5.54.